The number of likely N-dealkylation sites (N-methyl/N-ethyl adjacent to an activating group) is 1. The number of nitrogens with zero attached hydrogens (tertiary/aromatic N) is 1. The van der Waals surface area contributed by atoms with Gasteiger partial charge in [0.05, 0.1) is 18.6 Å². The molecule has 0 spiro atoms. The summed E-state index contributed by atoms with van der Waals surface area (Å²) < 4.78 is 31.9. The Morgan fingerprint density at radius 3 is 2.82 bits per heavy atom. The molecular formula is C16H20F2N2O2. The van der Waals surface area contributed by atoms with Gasteiger partial charge in [-0.1, -0.05) is 6.07 Å². The molecule has 0 saturated carbocycles. The van der Waals surface area contributed by atoms with Gasteiger partial charge in [-0.3, -0.25) is 9.69 Å². The van der Waals surface area contributed by atoms with Crippen LogP contribution in [0.1, 0.15) is 24.4 Å². The average molecular weight is 310 g/mol. The molecule has 2 heterocycles. The molecule has 0 radical (unpaired) electrons. The van der Waals surface area contributed by atoms with E-state index in [1.807, 2.05) is 7.05 Å². The highest BCUT2D eigenvalue weighted by molar-refractivity contribution is 5.79. The summed E-state index contributed by atoms with van der Waals surface area (Å²) in [5.74, 6) is -1.82. The Balaban J connectivity index is 1.75. The van der Waals surface area contributed by atoms with Gasteiger partial charge >= 0.3 is 0 Å². The lowest BCUT2D eigenvalue weighted by molar-refractivity contribution is -0.125. The van der Waals surface area contributed by atoms with Crippen molar-refractivity contribution in [1.82, 2.24) is 10.2 Å². The molecule has 4 nitrogen and oxygen atoms in total. The quantitative estimate of drug-likeness (QED) is 0.926. The number of nitrogens with one attached hydrogen (secondary N) is 1. The second-order valence-electron chi connectivity index (χ2n) is 6.06. The maximum atomic E-state index is 13.5. The van der Waals surface area contributed by atoms with Crippen LogP contribution in [0.2, 0.25) is 0 Å². The van der Waals surface area contributed by atoms with Crippen molar-refractivity contribution < 1.29 is 18.3 Å². The van der Waals surface area contributed by atoms with Crippen molar-refractivity contribution >= 4 is 5.91 Å². The van der Waals surface area contributed by atoms with Crippen LogP contribution in [0.15, 0.2) is 18.2 Å². The third kappa shape index (κ3) is 2.98. The minimum absolute atomic E-state index is 0.00890. The first kappa shape index (κ1) is 15.4. The summed E-state index contributed by atoms with van der Waals surface area (Å²) in [6.07, 6.45) is 1.53. The van der Waals surface area contributed by atoms with Gasteiger partial charge in [-0.25, -0.2) is 8.78 Å². The summed E-state index contributed by atoms with van der Waals surface area (Å²) in [6, 6.07) is 3.72. The number of rotatable bonds is 3. The molecule has 1 aromatic carbocycles. The third-order valence-corrected chi connectivity index (χ3v) is 4.56. The van der Waals surface area contributed by atoms with Crippen LogP contribution in [0.5, 0.6) is 0 Å². The zero-order valence-electron chi connectivity index (χ0n) is 12.5. The second-order valence-corrected chi connectivity index (χ2v) is 6.06. The van der Waals surface area contributed by atoms with E-state index in [1.165, 1.54) is 6.07 Å². The fourth-order valence-corrected chi connectivity index (χ4v) is 3.32. The fourth-order valence-electron chi connectivity index (χ4n) is 3.32. The number of ether oxygens (including phenoxy) is 1. The van der Waals surface area contributed by atoms with Gasteiger partial charge in [0.2, 0.25) is 5.91 Å². The van der Waals surface area contributed by atoms with Crippen molar-refractivity contribution in [2.75, 3.05) is 26.8 Å². The summed E-state index contributed by atoms with van der Waals surface area (Å²) in [7, 11) is 1.93. The topological polar surface area (TPSA) is 41.6 Å². The van der Waals surface area contributed by atoms with E-state index >= 15 is 0 Å². The molecule has 22 heavy (non-hydrogen) atoms. The maximum absolute atomic E-state index is 13.5. The van der Waals surface area contributed by atoms with Crippen LogP contribution < -0.4 is 5.32 Å². The SMILES string of the molecule is CN1CC[C@H](NC(=O)[C@H]2CCOC2)[C@H]1c1ccc(F)c(F)c1. The van der Waals surface area contributed by atoms with Gasteiger partial charge in [0, 0.05) is 19.2 Å². The number of carbonyl (C=O) groups is 1. The zero-order chi connectivity index (χ0) is 15.7. The van der Waals surface area contributed by atoms with Gasteiger partial charge in [-0.2, -0.15) is 0 Å². The molecule has 6 heteroatoms. The predicted octanol–water partition coefficient (Wildman–Crippen LogP) is 1.86. The van der Waals surface area contributed by atoms with E-state index in [0.717, 1.165) is 25.5 Å². The van der Waals surface area contributed by atoms with Crippen LogP contribution in [-0.2, 0) is 9.53 Å². The zero-order valence-corrected chi connectivity index (χ0v) is 12.5. The van der Waals surface area contributed by atoms with E-state index in [4.69, 9.17) is 4.74 Å². The standard InChI is InChI=1S/C16H20F2N2O2/c1-20-6-4-14(19-16(21)11-5-7-22-9-11)15(20)10-2-3-12(17)13(18)8-10/h2-3,8,11,14-15H,4-7,9H2,1H3,(H,19,21)/t11-,14-,15+/m0/s1. The summed E-state index contributed by atoms with van der Waals surface area (Å²) in [5.41, 5.74) is 0.687. The molecule has 120 valence electrons. The minimum Gasteiger partial charge on any atom is -0.381 e. The first-order chi connectivity index (χ1) is 10.6. The van der Waals surface area contributed by atoms with Crippen molar-refractivity contribution in [3.8, 4) is 0 Å². The molecule has 1 N–H and O–H groups in total. The Morgan fingerprint density at radius 2 is 2.14 bits per heavy atom. The van der Waals surface area contributed by atoms with Gasteiger partial charge < -0.3 is 10.1 Å². The second kappa shape index (κ2) is 6.30. The van der Waals surface area contributed by atoms with Crippen molar-refractivity contribution in [2.45, 2.75) is 24.9 Å². The van der Waals surface area contributed by atoms with Gasteiger partial charge in [0.1, 0.15) is 0 Å². The molecule has 2 fully saturated rings. The highest BCUT2D eigenvalue weighted by Crippen LogP contribution is 2.32. The highest BCUT2D eigenvalue weighted by atomic mass is 19.2. The molecule has 1 aromatic rings. The Morgan fingerprint density at radius 1 is 1.32 bits per heavy atom. The van der Waals surface area contributed by atoms with E-state index in [9.17, 15) is 13.6 Å². The number of hydrogen-bond acceptors (Lipinski definition) is 3. The molecule has 2 saturated heterocycles. The van der Waals surface area contributed by atoms with Gasteiger partial charge in [0.15, 0.2) is 11.6 Å². The van der Waals surface area contributed by atoms with E-state index in [-0.39, 0.29) is 23.9 Å². The van der Waals surface area contributed by atoms with Crippen molar-refractivity contribution in [2.24, 2.45) is 5.92 Å². The number of hydrogen-bond donors (Lipinski definition) is 1. The number of halogens is 2. The minimum atomic E-state index is -0.855. The molecule has 0 aromatic heterocycles. The smallest absolute Gasteiger partial charge is 0.225 e. The number of amides is 1. The Bertz CT molecular complexity index is 561. The first-order valence-corrected chi connectivity index (χ1v) is 7.59. The molecule has 2 aliphatic heterocycles. The van der Waals surface area contributed by atoms with E-state index in [1.54, 1.807) is 6.07 Å². The summed E-state index contributed by atoms with van der Waals surface area (Å²) in [4.78, 5) is 14.3. The third-order valence-electron chi connectivity index (χ3n) is 4.56. The average Bonchev–Trinajstić information content (AvgIpc) is 3.13. The van der Waals surface area contributed by atoms with Crippen molar-refractivity contribution in [1.29, 1.82) is 0 Å². The summed E-state index contributed by atoms with van der Waals surface area (Å²) >= 11 is 0. The van der Waals surface area contributed by atoms with Crippen LogP contribution in [-0.4, -0.2) is 43.7 Å². The van der Waals surface area contributed by atoms with Crippen LogP contribution in [0.3, 0.4) is 0 Å². The molecular weight excluding hydrogens is 290 g/mol. The molecule has 0 aliphatic carbocycles. The number of carbonyl (C=O) groups excluding carboxylic acids is 1. The lowest BCUT2D eigenvalue weighted by Gasteiger charge is -2.27. The normalized spacial score (nSPS) is 29.0. The Labute approximate surface area is 128 Å². The van der Waals surface area contributed by atoms with Crippen LogP contribution in [0.25, 0.3) is 0 Å². The van der Waals surface area contributed by atoms with Crippen LogP contribution in [0, 0.1) is 17.6 Å². The van der Waals surface area contributed by atoms with E-state index in [2.05, 4.69) is 10.2 Å². The van der Waals surface area contributed by atoms with E-state index in [0.29, 0.717) is 18.8 Å². The van der Waals surface area contributed by atoms with Crippen molar-refractivity contribution in [3.63, 3.8) is 0 Å². The molecule has 0 bridgehead atoms. The van der Waals surface area contributed by atoms with Crippen LogP contribution in [0.4, 0.5) is 8.78 Å². The van der Waals surface area contributed by atoms with Gasteiger partial charge in [-0.05, 0) is 37.6 Å². The van der Waals surface area contributed by atoms with E-state index < -0.39 is 11.6 Å². The molecule has 1 amide bonds. The number of benzene rings is 1. The fraction of sp³-hybridized carbons (Fsp3) is 0.562. The van der Waals surface area contributed by atoms with Gasteiger partial charge in [-0.15, -0.1) is 0 Å². The van der Waals surface area contributed by atoms with Crippen molar-refractivity contribution in [3.05, 3.63) is 35.4 Å². The maximum Gasteiger partial charge on any atom is 0.225 e. The summed E-state index contributed by atoms with van der Waals surface area (Å²) in [5, 5.41) is 3.06. The molecule has 3 rings (SSSR count). The lowest BCUT2D eigenvalue weighted by Crippen LogP contribution is -2.42. The summed E-state index contributed by atoms with van der Waals surface area (Å²) in [6.45, 7) is 1.88. The Hall–Kier alpha value is -1.53. The molecule has 3 atom stereocenters. The highest BCUT2D eigenvalue weighted by Gasteiger charge is 2.36. The van der Waals surface area contributed by atoms with Gasteiger partial charge in [0.25, 0.3) is 0 Å². The molecule has 2 aliphatic rings. The largest absolute Gasteiger partial charge is 0.381 e. The monoisotopic (exact) mass is 310 g/mol. The lowest BCUT2D eigenvalue weighted by atomic mass is 9.98. The van der Waals surface area contributed by atoms with Crippen LogP contribution >= 0.6 is 0 Å². The first-order valence-electron chi connectivity index (χ1n) is 7.59. The molecule has 0 unspecified atom stereocenters. The predicted molar refractivity (Wildman–Crippen MR) is 77.2 cm³/mol. The number of likely N-dealkylation sites (tertiary alicyclic amines) is 1. The Kier molecular flexibility index (Phi) is 4.40.